The summed E-state index contributed by atoms with van der Waals surface area (Å²) in [5.74, 6) is -1.63. The molecule has 2 rings (SSSR count). The molecule has 0 fully saturated rings. The first-order valence-corrected chi connectivity index (χ1v) is 7.25. The molecule has 1 aromatic carbocycles. The lowest BCUT2D eigenvalue weighted by Gasteiger charge is -2.14. The van der Waals surface area contributed by atoms with Crippen LogP contribution in [0.3, 0.4) is 0 Å². The van der Waals surface area contributed by atoms with E-state index in [1.165, 1.54) is 12.1 Å². The number of rotatable bonds is 8. The second-order valence-corrected chi connectivity index (χ2v) is 5.26. The highest BCUT2D eigenvalue weighted by Gasteiger charge is 2.15. The van der Waals surface area contributed by atoms with E-state index in [2.05, 4.69) is 0 Å². The van der Waals surface area contributed by atoms with E-state index in [1.807, 2.05) is 0 Å². The Morgan fingerprint density at radius 3 is 2.67 bits per heavy atom. The highest BCUT2D eigenvalue weighted by Crippen LogP contribution is 2.23. The molecule has 8 heteroatoms. The number of carbonyl (C=O) groups is 1. The number of benzene rings is 1. The molecule has 0 radical (unpaired) electrons. The van der Waals surface area contributed by atoms with Gasteiger partial charge in [0.15, 0.2) is 5.43 Å². The van der Waals surface area contributed by atoms with Crippen LogP contribution in [0.2, 0.25) is 0 Å². The summed E-state index contributed by atoms with van der Waals surface area (Å²) in [6.45, 7) is 1.48. The van der Waals surface area contributed by atoms with Gasteiger partial charge in [-0.15, -0.1) is 0 Å². The lowest BCUT2D eigenvalue weighted by atomic mass is 10.2. The lowest BCUT2D eigenvalue weighted by Crippen LogP contribution is -2.25. The summed E-state index contributed by atoms with van der Waals surface area (Å²) in [7, 11) is 0. The number of aliphatic hydroxyl groups excluding tert-OH is 2. The van der Waals surface area contributed by atoms with Crippen LogP contribution in [0.5, 0.6) is 5.75 Å². The molecule has 0 amide bonds. The Balaban J connectivity index is 2.12. The summed E-state index contributed by atoms with van der Waals surface area (Å²) < 4.78 is 15.6. The van der Waals surface area contributed by atoms with Crippen LogP contribution < -0.4 is 10.2 Å². The van der Waals surface area contributed by atoms with E-state index in [4.69, 9.17) is 24.1 Å². The van der Waals surface area contributed by atoms with E-state index in [9.17, 15) is 14.7 Å². The third-order valence-electron chi connectivity index (χ3n) is 3.03. The van der Waals surface area contributed by atoms with Crippen molar-refractivity contribution in [1.29, 1.82) is 0 Å². The van der Waals surface area contributed by atoms with Gasteiger partial charge in [-0.3, -0.25) is 4.79 Å². The van der Waals surface area contributed by atoms with E-state index in [1.54, 1.807) is 13.0 Å². The Morgan fingerprint density at radius 2 is 2.00 bits per heavy atom. The molecule has 8 nitrogen and oxygen atoms in total. The summed E-state index contributed by atoms with van der Waals surface area (Å²) in [6, 6.07) is 5.39. The maximum Gasteiger partial charge on any atom is 0.371 e. The third-order valence-corrected chi connectivity index (χ3v) is 3.03. The second-order valence-electron chi connectivity index (χ2n) is 5.26. The molecule has 1 heterocycles. The molecule has 0 spiro atoms. The number of aromatic carboxylic acids is 1. The molecule has 3 N–H and O–H groups in total. The largest absolute Gasteiger partial charge is 0.490 e. The summed E-state index contributed by atoms with van der Waals surface area (Å²) >= 11 is 0. The first-order chi connectivity index (χ1) is 11.4. The number of carboxylic acids is 1. The Hall–Kier alpha value is -2.42. The fourth-order valence-corrected chi connectivity index (χ4v) is 2.01. The number of fused-ring (bicyclic) bond motifs is 1. The smallest absolute Gasteiger partial charge is 0.371 e. The normalized spacial score (nSPS) is 13.6. The fraction of sp³-hybridized carbons (Fsp3) is 0.375. The van der Waals surface area contributed by atoms with Gasteiger partial charge in [0.1, 0.15) is 29.4 Å². The van der Waals surface area contributed by atoms with Crippen LogP contribution >= 0.6 is 0 Å². The molecule has 0 bridgehead atoms. The quantitative estimate of drug-likeness (QED) is 0.640. The van der Waals surface area contributed by atoms with Gasteiger partial charge in [0.05, 0.1) is 19.3 Å². The van der Waals surface area contributed by atoms with Crippen LogP contribution in [0, 0.1) is 0 Å². The van der Waals surface area contributed by atoms with E-state index >= 15 is 0 Å². The summed E-state index contributed by atoms with van der Waals surface area (Å²) in [5, 5.41) is 27.8. The van der Waals surface area contributed by atoms with Crippen molar-refractivity contribution in [2.75, 3.05) is 19.8 Å². The van der Waals surface area contributed by atoms with Crippen LogP contribution in [0.15, 0.2) is 33.5 Å². The monoisotopic (exact) mass is 338 g/mol. The van der Waals surface area contributed by atoms with Gasteiger partial charge in [-0.05, 0) is 19.1 Å². The summed E-state index contributed by atoms with van der Waals surface area (Å²) in [6.07, 6.45) is -1.59. The molecule has 0 saturated carbocycles. The van der Waals surface area contributed by atoms with E-state index in [0.717, 1.165) is 6.07 Å². The maximum atomic E-state index is 12.1. The molecular weight excluding hydrogens is 320 g/mol. The maximum absolute atomic E-state index is 12.1. The molecule has 2 unspecified atom stereocenters. The first kappa shape index (κ1) is 17.9. The average Bonchev–Trinajstić information content (AvgIpc) is 2.52. The number of ether oxygens (including phenoxy) is 2. The standard InChI is InChI=1S/C16H18O8/c1-9(17)6-22-7-10(18)8-23-12-3-2-4-13-15(12)11(19)5-14(24-13)16(20)21/h2-5,9-10,17-18H,6-8H2,1H3,(H,20,21). The van der Waals surface area contributed by atoms with Crippen molar-refractivity contribution in [3.05, 3.63) is 40.2 Å². The van der Waals surface area contributed by atoms with Gasteiger partial charge in [-0.25, -0.2) is 4.79 Å². The Kier molecular flexibility index (Phi) is 5.91. The van der Waals surface area contributed by atoms with Crippen molar-refractivity contribution in [2.45, 2.75) is 19.1 Å². The third kappa shape index (κ3) is 4.54. The molecular formula is C16H18O8. The van der Waals surface area contributed by atoms with Crippen LogP contribution in [0.4, 0.5) is 0 Å². The highest BCUT2D eigenvalue weighted by molar-refractivity contribution is 5.89. The molecule has 130 valence electrons. The van der Waals surface area contributed by atoms with Crippen molar-refractivity contribution < 1.29 is 34.0 Å². The van der Waals surface area contributed by atoms with Gasteiger partial charge < -0.3 is 29.2 Å². The van der Waals surface area contributed by atoms with Gasteiger partial charge in [-0.2, -0.15) is 0 Å². The van der Waals surface area contributed by atoms with Gasteiger partial charge in [0.25, 0.3) is 0 Å². The zero-order valence-electron chi connectivity index (χ0n) is 13.0. The van der Waals surface area contributed by atoms with E-state index in [-0.39, 0.29) is 36.5 Å². The van der Waals surface area contributed by atoms with Crippen molar-refractivity contribution in [2.24, 2.45) is 0 Å². The molecule has 0 aliphatic rings. The van der Waals surface area contributed by atoms with Crippen LogP contribution in [0.25, 0.3) is 11.0 Å². The zero-order chi connectivity index (χ0) is 17.7. The molecule has 24 heavy (non-hydrogen) atoms. The Morgan fingerprint density at radius 1 is 1.25 bits per heavy atom. The van der Waals surface area contributed by atoms with Crippen LogP contribution in [-0.4, -0.2) is 53.3 Å². The Labute approximate surface area is 136 Å². The SMILES string of the molecule is CC(O)COCC(O)COc1cccc2oc(C(=O)O)cc(=O)c12. The zero-order valence-corrected chi connectivity index (χ0v) is 13.0. The van der Waals surface area contributed by atoms with Gasteiger partial charge >= 0.3 is 5.97 Å². The lowest BCUT2D eigenvalue weighted by molar-refractivity contribution is -0.0162. The molecule has 0 aliphatic carbocycles. The van der Waals surface area contributed by atoms with E-state index < -0.39 is 29.4 Å². The predicted octanol–water partition coefficient (Wildman–Crippen LogP) is 0.628. The fourth-order valence-electron chi connectivity index (χ4n) is 2.01. The Bertz CT molecular complexity index is 764. The number of aliphatic hydroxyl groups is 2. The predicted molar refractivity (Wildman–Crippen MR) is 83.4 cm³/mol. The first-order valence-electron chi connectivity index (χ1n) is 7.25. The number of carboxylic acid groups (broad SMARTS) is 1. The minimum absolute atomic E-state index is 0.0343. The van der Waals surface area contributed by atoms with Crippen molar-refractivity contribution >= 4 is 16.9 Å². The second kappa shape index (κ2) is 7.91. The number of hydrogen-bond donors (Lipinski definition) is 3. The van der Waals surface area contributed by atoms with Crippen LogP contribution in [-0.2, 0) is 4.74 Å². The van der Waals surface area contributed by atoms with Gasteiger partial charge in [0.2, 0.25) is 5.76 Å². The minimum Gasteiger partial charge on any atom is -0.490 e. The molecule has 2 aromatic rings. The topological polar surface area (TPSA) is 126 Å². The van der Waals surface area contributed by atoms with Gasteiger partial charge in [-0.1, -0.05) is 6.07 Å². The van der Waals surface area contributed by atoms with Crippen molar-refractivity contribution in [3.8, 4) is 5.75 Å². The van der Waals surface area contributed by atoms with Crippen molar-refractivity contribution in [3.63, 3.8) is 0 Å². The minimum atomic E-state index is -1.34. The molecule has 0 saturated heterocycles. The highest BCUT2D eigenvalue weighted by atomic mass is 16.5. The van der Waals surface area contributed by atoms with Crippen LogP contribution in [0.1, 0.15) is 17.5 Å². The number of hydrogen-bond acceptors (Lipinski definition) is 7. The average molecular weight is 338 g/mol. The summed E-state index contributed by atoms with van der Waals surface area (Å²) in [5.41, 5.74) is -0.471. The van der Waals surface area contributed by atoms with Crippen molar-refractivity contribution in [1.82, 2.24) is 0 Å². The molecule has 2 atom stereocenters. The van der Waals surface area contributed by atoms with Gasteiger partial charge in [0, 0.05) is 6.07 Å². The summed E-state index contributed by atoms with van der Waals surface area (Å²) in [4.78, 5) is 23.0. The van der Waals surface area contributed by atoms with E-state index in [0.29, 0.717) is 0 Å². The molecule has 0 aliphatic heterocycles. The molecule has 1 aromatic heterocycles.